The molecule has 2 aromatic carbocycles. The van der Waals surface area contributed by atoms with Gasteiger partial charge in [-0.05, 0) is 68.8 Å². The van der Waals surface area contributed by atoms with Crippen molar-refractivity contribution in [2.24, 2.45) is 4.99 Å². The highest BCUT2D eigenvalue weighted by molar-refractivity contribution is 6.30. The van der Waals surface area contributed by atoms with E-state index in [9.17, 15) is 0 Å². The second kappa shape index (κ2) is 14.4. The standard InChI is InChI=1S/C19H25ClN2.C8H10/c1-14(2)22-16(4)8-6-7-9-19(21-5)13-17-12-18(20)11-10-15(17)3;1-2-8-6-4-3-5-7-8/h6-7,9-12,14,22H,4-5,8,13H2,1-3H3;3-7H,2H2,1H3/b7-6-,19-9-;. The van der Waals surface area contributed by atoms with Gasteiger partial charge in [0.25, 0.3) is 0 Å². The lowest BCUT2D eigenvalue weighted by Gasteiger charge is -2.10. The van der Waals surface area contributed by atoms with Gasteiger partial charge in [-0.15, -0.1) is 0 Å². The lowest BCUT2D eigenvalue weighted by atomic mass is 10.0. The van der Waals surface area contributed by atoms with E-state index in [0.717, 1.165) is 35.7 Å². The summed E-state index contributed by atoms with van der Waals surface area (Å²) in [5.41, 5.74) is 5.72. The Bertz CT molecular complexity index is 848. The normalized spacial score (nSPS) is 11.2. The molecule has 2 aromatic rings. The predicted octanol–water partition coefficient (Wildman–Crippen LogP) is 7.48. The van der Waals surface area contributed by atoms with Gasteiger partial charge in [-0.1, -0.05) is 73.7 Å². The molecule has 1 N–H and O–H groups in total. The van der Waals surface area contributed by atoms with E-state index >= 15 is 0 Å². The molecular weight excluding hydrogens is 388 g/mol. The Morgan fingerprint density at radius 1 is 1.17 bits per heavy atom. The summed E-state index contributed by atoms with van der Waals surface area (Å²) < 4.78 is 0. The third kappa shape index (κ3) is 10.8. The number of hydrogen-bond donors (Lipinski definition) is 1. The maximum absolute atomic E-state index is 6.05. The number of halogens is 1. The largest absolute Gasteiger partial charge is 0.386 e. The molecule has 0 unspecified atom stereocenters. The minimum Gasteiger partial charge on any atom is -0.386 e. The first-order valence-corrected chi connectivity index (χ1v) is 10.8. The van der Waals surface area contributed by atoms with Gasteiger partial charge in [0, 0.05) is 35.3 Å². The summed E-state index contributed by atoms with van der Waals surface area (Å²) in [4.78, 5) is 4.10. The minimum absolute atomic E-state index is 0.410. The van der Waals surface area contributed by atoms with Crippen molar-refractivity contribution < 1.29 is 0 Å². The zero-order valence-corrected chi connectivity index (χ0v) is 19.5. The van der Waals surface area contributed by atoms with E-state index in [1.807, 2.05) is 36.4 Å². The van der Waals surface area contributed by atoms with Crippen LogP contribution in [0.5, 0.6) is 0 Å². The Morgan fingerprint density at radius 3 is 2.43 bits per heavy atom. The quantitative estimate of drug-likeness (QED) is 0.328. The number of aryl methyl sites for hydroxylation is 2. The molecule has 30 heavy (non-hydrogen) atoms. The van der Waals surface area contributed by atoms with Gasteiger partial charge >= 0.3 is 0 Å². The van der Waals surface area contributed by atoms with Crippen molar-refractivity contribution in [1.29, 1.82) is 0 Å². The van der Waals surface area contributed by atoms with Gasteiger partial charge in [-0.25, -0.2) is 0 Å². The molecule has 0 radical (unpaired) electrons. The monoisotopic (exact) mass is 422 g/mol. The summed E-state index contributed by atoms with van der Waals surface area (Å²) in [6.45, 7) is 16.1. The smallest absolute Gasteiger partial charge is 0.0440 e. The van der Waals surface area contributed by atoms with Crippen LogP contribution in [-0.4, -0.2) is 12.8 Å². The summed E-state index contributed by atoms with van der Waals surface area (Å²) in [7, 11) is 0. The van der Waals surface area contributed by atoms with Crippen LogP contribution in [0.25, 0.3) is 0 Å². The van der Waals surface area contributed by atoms with Gasteiger partial charge in [-0.2, -0.15) is 0 Å². The lowest BCUT2D eigenvalue weighted by Crippen LogP contribution is -2.20. The molecule has 0 aliphatic rings. The SMILES string of the molecule is C=N/C(=C\C=C/CC(=C)NC(C)C)Cc1cc(Cl)ccc1C.CCc1ccccc1. The molecule has 0 amide bonds. The Morgan fingerprint density at radius 2 is 1.87 bits per heavy atom. The molecule has 0 spiro atoms. The Balaban J connectivity index is 0.000000467. The van der Waals surface area contributed by atoms with Crippen LogP contribution in [0.2, 0.25) is 5.02 Å². The average Bonchev–Trinajstić information content (AvgIpc) is 2.73. The molecule has 0 bridgehead atoms. The Kier molecular flexibility index (Phi) is 12.2. The number of hydrogen-bond acceptors (Lipinski definition) is 2. The van der Waals surface area contributed by atoms with E-state index in [1.54, 1.807) is 0 Å². The van der Waals surface area contributed by atoms with Crippen LogP contribution in [0.3, 0.4) is 0 Å². The van der Waals surface area contributed by atoms with E-state index < -0.39 is 0 Å². The van der Waals surface area contributed by atoms with Crippen molar-refractivity contribution in [3.8, 4) is 0 Å². The first kappa shape index (κ1) is 25.5. The van der Waals surface area contributed by atoms with E-state index in [0.29, 0.717) is 6.04 Å². The third-order valence-electron chi connectivity index (χ3n) is 4.42. The van der Waals surface area contributed by atoms with Crippen LogP contribution in [0.4, 0.5) is 0 Å². The van der Waals surface area contributed by atoms with Gasteiger partial charge in [0.2, 0.25) is 0 Å². The number of nitrogens with zero attached hydrogens (tertiary/aromatic N) is 1. The zero-order chi connectivity index (χ0) is 22.4. The summed E-state index contributed by atoms with van der Waals surface area (Å²) in [6, 6.07) is 16.8. The molecular formula is C27H35ClN2. The molecule has 3 heteroatoms. The average molecular weight is 423 g/mol. The number of rotatable bonds is 9. The molecule has 0 aliphatic heterocycles. The van der Waals surface area contributed by atoms with Gasteiger partial charge in [0.05, 0.1) is 0 Å². The summed E-state index contributed by atoms with van der Waals surface area (Å²) in [6.07, 6.45) is 8.71. The lowest BCUT2D eigenvalue weighted by molar-refractivity contribution is 0.660. The van der Waals surface area contributed by atoms with Crippen LogP contribution in [0.15, 0.2) is 89.7 Å². The van der Waals surface area contributed by atoms with Gasteiger partial charge in [0.1, 0.15) is 0 Å². The highest BCUT2D eigenvalue weighted by atomic mass is 35.5. The van der Waals surface area contributed by atoms with Crippen molar-refractivity contribution in [2.45, 2.75) is 53.0 Å². The van der Waals surface area contributed by atoms with Crippen LogP contribution in [0.1, 0.15) is 43.9 Å². The Labute approximate surface area is 188 Å². The number of benzene rings is 2. The van der Waals surface area contributed by atoms with Crippen molar-refractivity contribution in [1.82, 2.24) is 5.32 Å². The fourth-order valence-corrected chi connectivity index (χ4v) is 2.96. The molecule has 0 saturated heterocycles. The second-order valence-corrected chi connectivity index (χ2v) is 7.87. The zero-order valence-electron chi connectivity index (χ0n) is 18.8. The van der Waals surface area contributed by atoms with Crippen LogP contribution in [-0.2, 0) is 12.8 Å². The van der Waals surface area contributed by atoms with Crippen LogP contribution >= 0.6 is 11.6 Å². The van der Waals surface area contributed by atoms with Gasteiger partial charge in [-0.3, -0.25) is 4.99 Å². The van der Waals surface area contributed by atoms with Crippen LogP contribution < -0.4 is 5.32 Å². The molecule has 0 aliphatic carbocycles. The first-order valence-electron chi connectivity index (χ1n) is 10.4. The molecule has 0 atom stereocenters. The summed E-state index contributed by atoms with van der Waals surface area (Å²) >= 11 is 6.05. The second-order valence-electron chi connectivity index (χ2n) is 7.44. The fourth-order valence-electron chi connectivity index (χ4n) is 2.76. The molecule has 2 rings (SSSR count). The minimum atomic E-state index is 0.410. The maximum atomic E-state index is 6.05. The number of aliphatic imine (C=N–C) groups is 1. The molecule has 0 aromatic heterocycles. The molecule has 0 saturated carbocycles. The van der Waals surface area contributed by atoms with E-state index in [-0.39, 0.29) is 0 Å². The summed E-state index contributed by atoms with van der Waals surface area (Å²) in [5, 5.41) is 4.03. The maximum Gasteiger partial charge on any atom is 0.0440 e. The molecule has 2 nitrogen and oxygen atoms in total. The van der Waals surface area contributed by atoms with Crippen molar-refractivity contribution in [2.75, 3.05) is 0 Å². The third-order valence-corrected chi connectivity index (χ3v) is 4.65. The topological polar surface area (TPSA) is 24.4 Å². The van der Waals surface area contributed by atoms with E-state index in [4.69, 9.17) is 11.6 Å². The molecule has 0 fully saturated rings. The summed E-state index contributed by atoms with van der Waals surface area (Å²) in [5.74, 6) is 0. The van der Waals surface area contributed by atoms with Gasteiger partial charge in [0.15, 0.2) is 0 Å². The highest BCUT2D eigenvalue weighted by Crippen LogP contribution is 2.19. The van der Waals surface area contributed by atoms with Crippen molar-refractivity contribution >= 4 is 18.3 Å². The fraction of sp³-hybridized carbons (Fsp3) is 0.296. The molecule has 160 valence electrons. The van der Waals surface area contributed by atoms with E-state index in [1.165, 1.54) is 16.7 Å². The first-order chi connectivity index (χ1) is 14.3. The number of allylic oxidation sites excluding steroid dienone is 4. The van der Waals surface area contributed by atoms with Crippen molar-refractivity contribution in [3.05, 3.63) is 106 Å². The van der Waals surface area contributed by atoms with Crippen LogP contribution in [0, 0.1) is 6.92 Å². The van der Waals surface area contributed by atoms with Crippen molar-refractivity contribution in [3.63, 3.8) is 0 Å². The number of nitrogens with one attached hydrogen (secondary N) is 1. The Hall–Kier alpha value is -2.58. The molecule has 0 heterocycles. The van der Waals surface area contributed by atoms with Gasteiger partial charge < -0.3 is 5.32 Å². The predicted molar refractivity (Wildman–Crippen MR) is 135 cm³/mol. The highest BCUT2D eigenvalue weighted by Gasteiger charge is 2.02. The van der Waals surface area contributed by atoms with E-state index in [2.05, 4.69) is 81.6 Å².